The first-order valence-corrected chi connectivity index (χ1v) is 11.4. The Morgan fingerprint density at radius 3 is 2.52 bits per heavy atom. The van der Waals surface area contributed by atoms with Crippen LogP contribution in [0.3, 0.4) is 0 Å². The summed E-state index contributed by atoms with van der Waals surface area (Å²) in [6, 6.07) is 21.9. The number of para-hydroxylation sites is 1. The number of aromatic nitrogens is 1. The monoisotopic (exact) mass is 427 g/mol. The molecule has 2 aromatic carbocycles. The van der Waals surface area contributed by atoms with E-state index in [9.17, 15) is 4.79 Å². The van der Waals surface area contributed by atoms with Gasteiger partial charge in [-0.05, 0) is 41.5 Å². The standard InChI is InChI=1S/C26H25N3OS/c1-4-22(25-10-7-15-31-25)28-29-26(30)21-16-24(27-23-9-6-5-8-20(21)23)19-13-11-18(12-14-19)17(2)3/h5-17H,4H2,1-3H3,(H,29,30). The Kier molecular flexibility index (Phi) is 6.23. The van der Waals surface area contributed by atoms with Crippen LogP contribution in [0.2, 0.25) is 0 Å². The van der Waals surface area contributed by atoms with Crippen LogP contribution in [0.15, 0.2) is 77.2 Å². The molecule has 0 unspecified atom stereocenters. The summed E-state index contributed by atoms with van der Waals surface area (Å²) in [5.74, 6) is 0.232. The van der Waals surface area contributed by atoms with Crippen LogP contribution < -0.4 is 5.43 Å². The molecular formula is C26H25N3OS. The number of carbonyl (C=O) groups excluding carboxylic acids is 1. The van der Waals surface area contributed by atoms with Crippen LogP contribution in [0.4, 0.5) is 0 Å². The second kappa shape index (κ2) is 9.23. The lowest BCUT2D eigenvalue weighted by atomic mass is 9.99. The highest BCUT2D eigenvalue weighted by Gasteiger charge is 2.14. The summed E-state index contributed by atoms with van der Waals surface area (Å²) >= 11 is 1.62. The third-order valence-electron chi connectivity index (χ3n) is 5.27. The summed E-state index contributed by atoms with van der Waals surface area (Å²) in [4.78, 5) is 19.0. The number of hydrazone groups is 1. The van der Waals surface area contributed by atoms with Crippen LogP contribution in [0.25, 0.3) is 22.2 Å². The van der Waals surface area contributed by atoms with E-state index in [0.29, 0.717) is 11.5 Å². The van der Waals surface area contributed by atoms with Crippen LogP contribution in [0, 0.1) is 0 Å². The Labute approximate surface area is 186 Å². The fraction of sp³-hybridized carbons (Fsp3) is 0.192. The van der Waals surface area contributed by atoms with Gasteiger partial charge in [-0.25, -0.2) is 10.4 Å². The van der Waals surface area contributed by atoms with Crippen molar-refractivity contribution in [1.82, 2.24) is 10.4 Å². The Bertz CT molecular complexity index is 1230. The first-order valence-electron chi connectivity index (χ1n) is 10.5. The third-order valence-corrected chi connectivity index (χ3v) is 6.19. The van der Waals surface area contributed by atoms with Crippen molar-refractivity contribution < 1.29 is 4.79 Å². The molecule has 4 aromatic rings. The summed E-state index contributed by atoms with van der Waals surface area (Å²) in [5, 5.41) is 7.23. The summed E-state index contributed by atoms with van der Waals surface area (Å²) in [7, 11) is 0. The lowest BCUT2D eigenvalue weighted by Crippen LogP contribution is -2.20. The normalized spacial score (nSPS) is 11.8. The lowest BCUT2D eigenvalue weighted by Gasteiger charge is -2.11. The predicted octanol–water partition coefficient (Wildman–Crippen LogP) is 6.63. The highest BCUT2D eigenvalue weighted by atomic mass is 32.1. The van der Waals surface area contributed by atoms with Gasteiger partial charge in [0.2, 0.25) is 0 Å². The number of hydrogen-bond acceptors (Lipinski definition) is 4. The first kappa shape index (κ1) is 20.9. The van der Waals surface area contributed by atoms with Crippen LogP contribution in [-0.4, -0.2) is 16.6 Å². The Morgan fingerprint density at radius 1 is 1.06 bits per heavy atom. The van der Waals surface area contributed by atoms with E-state index in [-0.39, 0.29) is 5.91 Å². The fourth-order valence-corrected chi connectivity index (χ4v) is 4.27. The second-order valence-corrected chi connectivity index (χ2v) is 8.63. The largest absolute Gasteiger partial charge is 0.272 e. The highest BCUT2D eigenvalue weighted by molar-refractivity contribution is 7.12. The molecule has 0 aliphatic heterocycles. The number of nitrogens with zero attached hydrogens (tertiary/aromatic N) is 2. The molecule has 0 spiro atoms. The summed E-state index contributed by atoms with van der Waals surface area (Å²) in [6.45, 7) is 6.38. The molecule has 1 amide bonds. The minimum absolute atomic E-state index is 0.235. The van der Waals surface area contributed by atoms with Crippen molar-refractivity contribution >= 4 is 33.9 Å². The van der Waals surface area contributed by atoms with Crippen LogP contribution in [0.5, 0.6) is 0 Å². The van der Waals surface area contributed by atoms with Gasteiger partial charge >= 0.3 is 0 Å². The summed E-state index contributed by atoms with van der Waals surface area (Å²) in [6.07, 6.45) is 0.741. The molecule has 0 atom stereocenters. The molecule has 2 aromatic heterocycles. The number of carbonyl (C=O) groups is 1. The molecule has 0 saturated carbocycles. The summed E-state index contributed by atoms with van der Waals surface area (Å²) in [5.41, 5.74) is 8.02. The van der Waals surface area contributed by atoms with Crippen molar-refractivity contribution in [3.63, 3.8) is 0 Å². The molecule has 0 saturated heterocycles. The van der Waals surface area contributed by atoms with E-state index in [0.717, 1.165) is 39.2 Å². The van der Waals surface area contributed by atoms with Crippen molar-refractivity contribution in [2.75, 3.05) is 0 Å². The van der Waals surface area contributed by atoms with Gasteiger partial charge in [0.15, 0.2) is 0 Å². The van der Waals surface area contributed by atoms with Gasteiger partial charge in [-0.15, -0.1) is 11.3 Å². The second-order valence-electron chi connectivity index (χ2n) is 7.68. The lowest BCUT2D eigenvalue weighted by molar-refractivity contribution is 0.0956. The summed E-state index contributed by atoms with van der Waals surface area (Å²) < 4.78 is 0. The minimum atomic E-state index is -0.235. The fourth-order valence-electron chi connectivity index (χ4n) is 3.48. The zero-order chi connectivity index (χ0) is 21.8. The maximum atomic E-state index is 13.1. The number of pyridine rings is 1. The Morgan fingerprint density at radius 2 is 1.84 bits per heavy atom. The Balaban J connectivity index is 1.72. The van der Waals surface area contributed by atoms with Gasteiger partial charge in [-0.2, -0.15) is 5.10 Å². The molecule has 5 heteroatoms. The number of thiophene rings is 1. The zero-order valence-electron chi connectivity index (χ0n) is 17.9. The number of fused-ring (bicyclic) bond motifs is 1. The van der Waals surface area contributed by atoms with E-state index in [1.807, 2.05) is 54.8 Å². The van der Waals surface area contributed by atoms with E-state index in [4.69, 9.17) is 4.98 Å². The van der Waals surface area contributed by atoms with Gasteiger partial charge in [-0.3, -0.25) is 4.79 Å². The highest BCUT2D eigenvalue weighted by Crippen LogP contribution is 2.26. The van der Waals surface area contributed by atoms with Gasteiger partial charge in [0, 0.05) is 10.9 Å². The van der Waals surface area contributed by atoms with E-state index in [1.54, 1.807) is 11.3 Å². The molecule has 4 nitrogen and oxygen atoms in total. The zero-order valence-corrected chi connectivity index (χ0v) is 18.7. The first-order chi connectivity index (χ1) is 15.1. The van der Waals surface area contributed by atoms with Crippen LogP contribution in [-0.2, 0) is 0 Å². The molecule has 0 radical (unpaired) electrons. The number of amides is 1. The van der Waals surface area contributed by atoms with E-state index in [2.05, 4.69) is 48.6 Å². The van der Waals surface area contributed by atoms with Crippen molar-refractivity contribution in [3.8, 4) is 11.3 Å². The van der Waals surface area contributed by atoms with E-state index in [1.165, 1.54) is 5.56 Å². The number of rotatable bonds is 6. The van der Waals surface area contributed by atoms with E-state index >= 15 is 0 Å². The third kappa shape index (κ3) is 4.57. The molecule has 0 aliphatic rings. The SMILES string of the molecule is CCC(=NNC(=O)c1cc(-c2ccc(C(C)C)cc2)nc2ccccc12)c1cccs1. The van der Waals surface area contributed by atoms with Crippen molar-refractivity contribution in [2.24, 2.45) is 5.10 Å². The minimum Gasteiger partial charge on any atom is -0.267 e. The Hall–Kier alpha value is -3.31. The average molecular weight is 428 g/mol. The molecular weight excluding hydrogens is 402 g/mol. The van der Waals surface area contributed by atoms with Crippen molar-refractivity contribution in [3.05, 3.63) is 88.1 Å². The molecule has 4 rings (SSSR count). The number of hydrogen-bond donors (Lipinski definition) is 1. The molecule has 156 valence electrons. The van der Waals surface area contributed by atoms with Crippen molar-refractivity contribution in [1.29, 1.82) is 0 Å². The van der Waals surface area contributed by atoms with Crippen LogP contribution in [0.1, 0.15) is 53.9 Å². The molecule has 0 aliphatic carbocycles. The maximum Gasteiger partial charge on any atom is 0.272 e. The average Bonchev–Trinajstić information content (AvgIpc) is 3.33. The van der Waals surface area contributed by atoms with Gasteiger partial charge in [0.25, 0.3) is 5.91 Å². The smallest absolute Gasteiger partial charge is 0.267 e. The molecule has 1 N–H and O–H groups in total. The predicted molar refractivity (Wildman–Crippen MR) is 130 cm³/mol. The topological polar surface area (TPSA) is 54.4 Å². The van der Waals surface area contributed by atoms with Crippen molar-refractivity contribution in [2.45, 2.75) is 33.1 Å². The van der Waals surface area contributed by atoms with Gasteiger partial charge in [0.1, 0.15) is 0 Å². The molecule has 0 fully saturated rings. The van der Waals surface area contributed by atoms with Gasteiger partial charge in [-0.1, -0.05) is 69.3 Å². The van der Waals surface area contributed by atoms with Gasteiger partial charge < -0.3 is 0 Å². The molecule has 31 heavy (non-hydrogen) atoms. The molecule has 2 heterocycles. The van der Waals surface area contributed by atoms with E-state index < -0.39 is 0 Å². The quantitative estimate of drug-likeness (QED) is 0.277. The molecule has 0 bridgehead atoms. The number of nitrogens with one attached hydrogen (secondary N) is 1. The van der Waals surface area contributed by atoms with Crippen LogP contribution >= 0.6 is 11.3 Å². The van der Waals surface area contributed by atoms with Gasteiger partial charge in [0.05, 0.1) is 27.4 Å². The number of benzene rings is 2. The maximum absolute atomic E-state index is 13.1.